The van der Waals surface area contributed by atoms with Gasteiger partial charge in [-0.1, -0.05) is 13.8 Å². The molecule has 0 aromatic heterocycles. The first-order valence-electron chi connectivity index (χ1n) is 5.77. The van der Waals surface area contributed by atoms with Crippen LogP contribution in [0.4, 0.5) is 0 Å². The summed E-state index contributed by atoms with van der Waals surface area (Å²) in [6, 6.07) is 0. The van der Waals surface area contributed by atoms with Gasteiger partial charge in [-0.2, -0.15) is 0 Å². The molecule has 0 aromatic carbocycles. The minimum atomic E-state index is -0.0920. The Kier molecular flexibility index (Phi) is 5.65. The van der Waals surface area contributed by atoms with Crippen LogP contribution in [0.15, 0.2) is 0 Å². The molecule has 4 nitrogen and oxygen atoms in total. The number of carbonyl (C=O) groups excluding carboxylic acids is 1. The summed E-state index contributed by atoms with van der Waals surface area (Å²) in [7, 11) is 0. The molecule has 1 N–H and O–H groups in total. The van der Waals surface area contributed by atoms with Gasteiger partial charge in [0.25, 0.3) is 0 Å². The molecular formula is C11H22N2O2. The predicted octanol–water partition coefficient (Wildman–Crippen LogP) is 0.481. The van der Waals surface area contributed by atoms with Crippen LogP contribution in [0.2, 0.25) is 0 Å². The van der Waals surface area contributed by atoms with Crippen LogP contribution in [-0.2, 0) is 9.53 Å². The Hall–Kier alpha value is -0.610. The Balaban J connectivity index is 2.17. The molecule has 1 rings (SSSR count). The molecule has 1 aliphatic heterocycles. The molecule has 15 heavy (non-hydrogen) atoms. The number of ether oxygens (including phenoxy) is 1. The molecule has 1 saturated heterocycles. The number of esters is 1. The first-order chi connectivity index (χ1) is 7.18. The smallest absolute Gasteiger partial charge is 0.320 e. The molecular weight excluding hydrogens is 192 g/mol. The maximum absolute atomic E-state index is 11.4. The van der Waals surface area contributed by atoms with Crippen molar-refractivity contribution in [3.05, 3.63) is 0 Å². The van der Waals surface area contributed by atoms with Crippen LogP contribution >= 0.6 is 0 Å². The van der Waals surface area contributed by atoms with Gasteiger partial charge in [0.1, 0.15) is 0 Å². The van der Waals surface area contributed by atoms with Gasteiger partial charge in [-0.3, -0.25) is 9.69 Å². The van der Waals surface area contributed by atoms with E-state index in [1.165, 1.54) is 0 Å². The summed E-state index contributed by atoms with van der Waals surface area (Å²) in [5, 5.41) is 3.31. The molecule has 0 spiro atoms. The highest BCUT2D eigenvalue weighted by Gasteiger charge is 2.13. The molecule has 1 heterocycles. The van der Waals surface area contributed by atoms with Crippen LogP contribution < -0.4 is 5.32 Å². The fourth-order valence-electron chi connectivity index (χ4n) is 1.55. The highest BCUT2D eigenvalue weighted by Crippen LogP contribution is 1.98. The lowest BCUT2D eigenvalue weighted by Crippen LogP contribution is -2.34. The zero-order valence-corrected chi connectivity index (χ0v) is 9.79. The van der Waals surface area contributed by atoms with Gasteiger partial charge in [-0.25, -0.2) is 0 Å². The Morgan fingerprint density at radius 2 is 2.20 bits per heavy atom. The maximum atomic E-state index is 11.4. The van der Waals surface area contributed by atoms with Crippen LogP contribution in [-0.4, -0.2) is 50.2 Å². The summed E-state index contributed by atoms with van der Waals surface area (Å²) in [6.07, 6.45) is 1.11. The molecule has 0 amide bonds. The molecule has 0 atom stereocenters. The largest absolute Gasteiger partial charge is 0.464 e. The summed E-state index contributed by atoms with van der Waals surface area (Å²) >= 11 is 0. The molecule has 4 heteroatoms. The third-order valence-corrected chi connectivity index (χ3v) is 2.36. The number of hydrogen-bond donors (Lipinski definition) is 1. The lowest BCUT2D eigenvalue weighted by molar-refractivity contribution is -0.146. The Bertz CT molecular complexity index is 187. The topological polar surface area (TPSA) is 41.6 Å². The Morgan fingerprint density at radius 1 is 1.40 bits per heavy atom. The van der Waals surface area contributed by atoms with Crippen LogP contribution in [0, 0.1) is 5.92 Å². The van der Waals surface area contributed by atoms with Crippen molar-refractivity contribution >= 4 is 5.97 Å². The molecule has 1 aliphatic rings. The Morgan fingerprint density at radius 3 is 2.93 bits per heavy atom. The van der Waals surface area contributed by atoms with Gasteiger partial charge in [-0.15, -0.1) is 0 Å². The number of carbonyl (C=O) groups is 1. The fourth-order valence-corrected chi connectivity index (χ4v) is 1.55. The van der Waals surface area contributed by atoms with Gasteiger partial charge in [0, 0.05) is 13.1 Å². The minimum absolute atomic E-state index is 0.0920. The van der Waals surface area contributed by atoms with E-state index in [1.54, 1.807) is 0 Å². The summed E-state index contributed by atoms with van der Waals surface area (Å²) < 4.78 is 5.15. The van der Waals surface area contributed by atoms with E-state index in [4.69, 9.17) is 4.74 Å². The molecule has 0 saturated carbocycles. The van der Waals surface area contributed by atoms with Gasteiger partial charge in [-0.05, 0) is 25.4 Å². The van der Waals surface area contributed by atoms with Crippen LogP contribution in [0.3, 0.4) is 0 Å². The second-order valence-corrected chi connectivity index (χ2v) is 4.46. The van der Waals surface area contributed by atoms with E-state index in [0.29, 0.717) is 19.1 Å². The first-order valence-corrected chi connectivity index (χ1v) is 5.77. The molecule has 0 radical (unpaired) electrons. The lowest BCUT2D eigenvalue weighted by atomic mass is 10.2. The van der Waals surface area contributed by atoms with Crippen molar-refractivity contribution in [3.63, 3.8) is 0 Å². The van der Waals surface area contributed by atoms with E-state index in [9.17, 15) is 4.79 Å². The van der Waals surface area contributed by atoms with E-state index in [2.05, 4.69) is 10.2 Å². The van der Waals surface area contributed by atoms with Gasteiger partial charge < -0.3 is 10.1 Å². The summed E-state index contributed by atoms with van der Waals surface area (Å²) in [5.41, 5.74) is 0. The fraction of sp³-hybridized carbons (Fsp3) is 0.909. The van der Waals surface area contributed by atoms with E-state index in [1.807, 2.05) is 13.8 Å². The number of nitrogens with one attached hydrogen (secondary N) is 1. The molecule has 88 valence electrons. The molecule has 0 aromatic rings. The van der Waals surface area contributed by atoms with Crippen molar-refractivity contribution in [1.29, 1.82) is 0 Å². The third kappa shape index (κ3) is 5.74. The quantitative estimate of drug-likeness (QED) is 0.691. The standard InChI is InChI=1S/C11H22N2O2/c1-10(2)9-15-11(14)8-13-6-3-4-12-5-7-13/h10,12H,3-9H2,1-2H3. The summed E-state index contributed by atoms with van der Waals surface area (Å²) in [6.45, 7) is 9.02. The minimum Gasteiger partial charge on any atom is -0.464 e. The van der Waals surface area contributed by atoms with E-state index in [0.717, 1.165) is 32.6 Å². The Labute approximate surface area is 92.0 Å². The first kappa shape index (κ1) is 12.5. The van der Waals surface area contributed by atoms with Crippen LogP contribution in [0.1, 0.15) is 20.3 Å². The third-order valence-electron chi connectivity index (χ3n) is 2.36. The van der Waals surface area contributed by atoms with Crippen LogP contribution in [0.5, 0.6) is 0 Å². The average molecular weight is 214 g/mol. The van der Waals surface area contributed by atoms with Crippen molar-refractivity contribution in [2.75, 3.05) is 39.3 Å². The SMILES string of the molecule is CC(C)COC(=O)CN1CCCNCC1. The number of rotatable bonds is 4. The van der Waals surface area contributed by atoms with E-state index >= 15 is 0 Å². The maximum Gasteiger partial charge on any atom is 0.320 e. The van der Waals surface area contributed by atoms with Crippen molar-refractivity contribution in [3.8, 4) is 0 Å². The van der Waals surface area contributed by atoms with Gasteiger partial charge in [0.15, 0.2) is 0 Å². The summed E-state index contributed by atoms with van der Waals surface area (Å²) in [5.74, 6) is 0.324. The highest BCUT2D eigenvalue weighted by molar-refractivity contribution is 5.71. The zero-order chi connectivity index (χ0) is 11.1. The van der Waals surface area contributed by atoms with E-state index < -0.39 is 0 Å². The molecule has 0 unspecified atom stereocenters. The van der Waals surface area contributed by atoms with Crippen molar-refractivity contribution in [2.45, 2.75) is 20.3 Å². The predicted molar refractivity (Wildman–Crippen MR) is 59.7 cm³/mol. The number of nitrogens with zero attached hydrogens (tertiary/aromatic N) is 1. The average Bonchev–Trinajstić information content (AvgIpc) is 2.43. The lowest BCUT2D eigenvalue weighted by Gasteiger charge is -2.18. The molecule has 0 bridgehead atoms. The van der Waals surface area contributed by atoms with Crippen molar-refractivity contribution in [2.24, 2.45) is 5.92 Å². The second-order valence-electron chi connectivity index (χ2n) is 4.46. The van der Waals surface area contributed by atoms with Crippen molar-refractivity contribution < 1.29 is 9.53 Å². The van der Waals surface area contributed by atoms with Gasteiger partial charge in [0.2, 0.25) is 0 Å². The zero-order valence-electron chi connectivity index (χ0n) is 9.79. The van der Waals surface area contributed by atoms with Crippen molar-refractivity contribution in [1.82, 2.24) is 10.2 Å². The van der Waals surface area contributed by atoms with Crippen LogP contribution in [0.25, 0.3) is 0 Å². The summed E-state index contributed by atoms with van der Waals surface area (Å²) in [4.78, 5) is 13.6. The highest BCUT2D eigenvalue weighted by atomic mass is 16.5. The monoisotopic (exact) mass is 214 g/mol. The van der Waals surface area contributed by atoms with E-state index in [-0.39, 0.29) is 5.97 Å². The van der Waals surface area contributed by atoms with Gasteiger partial charge in [0.05, 0.1) is 13.2 Å². The molecule has 0 aliphatic carbocycles. The molecule has 1 fully saturated rings. The van der Waals surface area contributed by atoms with Gasteiger partial charge >= 0.3 is 5.97 Å². The normalized spacial score (nSPS) is 18.9. The number of hydrogen-bond acceptors (Lipinski definition) is 4. The second kappa shape index (κ2) is 6.80.